The summed E-state index contributed by atoms with van der Waals surface area (Å²) >= 11 is 0. The number of rotatable bonds is 28. The van der Waals surface area contributed by atoms with Crippen LogP contribution in [-0.2, 0) is 9.59 Å². The summed E-state index contributed by atoms with van der Waals surface area (Å²) in [6.07, 6.45) is 54.0. The molecule has 0 aromatic rings. The van der Waals surface area contributed by atoms with E-state index in [9.17, 15) is 19.8 Å². The normalized spacial score (nSPS) is 12.1. The molecule has 2 radical (unpaired) electrons. The van der Waals surface area contributed by atoms with Crippen molar-refractivity contribution in [1.29, 1.82) is 0 Å². The smallest absolute Gasteiger partial charge is 0.550 e. The first-order valence-corrected chi connectivity index (χ1v) is 17.1. The molecular formula is C40H62O4Pb. The SMILES string of the molecule is CCCCCC=CCC=CCC=CCC=CCCCC(=O)[O-].CCCCCC=CCC=CCC=CCC=CCCCC(=O)[O-].[Pb+2]. The summed E-state index contributed by atoms with van der Waals surface area (Å²) < 4.78 is 0. The van der Waals surface area contributed by atoms with Crippen LogP contribution in [0.2, 0.25) is 0 Å². The predicted octanol–water partition coefficient (Wildman–Crippen LogP) is 9.38. The number of hydrogen-bond donors (Lipinski definition) is 0. The Labute approximate surface area is 297 Å². The van der Waals surface area contributed by atoms with Crippen molar-refractivity contribution in [2.75, 3.05) is 0 Å². The Kier molecular flexibility index (Phi) is 46.0. The molecule has 0 N–H and O–H groups in total. The summed E-state index contributed by atoms with van der Waals surface area (Å²) in [5, 5.41) is 20.4. The minimum atomic E-state index is -0.962. The number of carboxylic acids is 2. The van der Waals surface area contributed by atoms with Crippen molar-refractivity contribution in [2.24, 2.45) is 0 Å². The van der Waals surface area contributed by atoms with E-state index in [1.54, 1.807) is 0 Å². The van der Waals surface area contributed by atoms with Gasteiger partial charge in [0.15, 0.2) is 0 Å². The molecule has 0 heterocycles. The van der Waals surface area contributed by atoms with Gasteiger partial charge in [0.1, 0.15) is 0 Å². The minimum Gasteiger partial charge on any atom is -0.550 e. The van der Waals surface area contributed by atoms with E-state index in [-0.39, 0.29) is 40.1 Å². The van der Waals surface area contributed by atoms with Gasteiger partial charge in [0, 0.05) is 11.9 Å². The van der Waals surface area contributed by atoms with Crippen molar-refractivity contribution in [3.05, 3.63) is 97.2 Å². The molecule has 0 saturated heterocycles. The van der Waals surface area contributed by atoms with Gasteiger partial charge in [-0.25, -0.2) is 0 Å². The van der Waals surface area contributed by atoms with Crippen LogP contribution in [-0.4, -0.2) is 39.2 Å². The number of carbonyl (C=O) groups excluding carboxylic acids is 2. The first-order chi connectivity index (χ1) is 21.5. The van der Waals surface area contributed by atoms with Gasteiger partial charge in [-0.05, 0) is 103 Å². The van der Waals surface area contributed by atoms with E-state index in [2.05, 4.69) is 98.9 Å². The van der Waals surface area contributed by atoms with Crippen LogP contribution >= 0.6 is 0 Å². The van der Waals surface area contributed by atoms with Gasteiger partial charge < -0.3 is 19.8 Å². The van der Waals surface area contributed by atoms with Crippen LogP contribution in [0.1, 0.15) is 142 Å². The average molecular weight is 814 g/mol. The van der Waals surface area contributed by atoms with Crippen LogP contribution in [0.15, 0.2) is 97.2 Å². The molecule has 0 spiro atoms. The molecule has 250 valence electrons. The number of unbranched alkanes of at least 4 members (excludes halogenated alkanes) is 8. The zero-order valence-electron chi connectivity index (χ0n) is 28.5. The number of hydrogen-bond acceptors (Lipinski definition) is 4. The maximum Gasteiger partial charge on any atom is 2.00 e. The van der Waals surface area contributed by atoms with Crippen LogP contribution < -0.4 is 10.2 Å². The molecule has 5 heteroatoms. The standard InChI is InChI=1S/2C20H32O2.Pb/c2*1-2-3-4-5-6-7-8-9-10-11-12-13-14-15-16-17-18-19-20(21)22;/h2*6-7,9-10,12-13,15-16H,2-5,8,11,14,17-19H2,1H3,(H,21,22);/q;;+2/p-2. The molecular weight excluding hydrogens is 752 g/mol. The van der Waals surface area contributed by atoms with E-state index in [1.165, 1.54) is 51.4 Å². The monoisotopic (exact) mass is 814 g/mol. The topological polar surface area (TPSA) is 80.3 Å². The largest absolute Gasteiger partial charge is 2.00 e. The molecule has 0 amide bonds. The molecule has 0 aliphatic heterocycles. The maximum absolute atomic E-state index is 10.2. The predicted molar refractivity (Wildman–Crippen MR) is 193 cm³/mol. The van der Waals surface area contributed by atoms with Crippen LogP contribution in [0.3, 0.4) is 0 Å². The average Bonchev–Trinajstić information content (AvgIpc) is 3.00. The summed E-state index contributed by atoms with van der Waals surface area (Å²) in [5.74, 6) is -1.92. The fraction of sp³-hybridized carbons (Fsp3) is 0.550. The minimum absolute atomic E-state index is 0. The zero-order valence-corrected chi connectivity index (χ0v) is 32.4. The summed E-state index contributed by atoms with van der Waals surface area (Å²) in [6, 6.07) is 0. The second-order valence-corrected chi connectivity index (χ2v) is 10.7. The van der Waals surface area contributed by atoms with E-state index in [1.807, 2.05) is 12.2 Å². The van der Waals surface area contributed by atoms with Gasteiger partial charge in [-0.15, -0.1) is 0 Å². The van der Waals surface area contributed by atoms with E-state index in [0.29, 0.717) is 12.8 Å². The van der Waals surface area contributed by atoms with Crippen molar-refractivity contribution >= 4 is 39.2 Å². The molecule has 0 aliphatic carbocycles. The second-order valence-electron chi connectivity index (χ2n) is 10.7. The van der Waals surface area contributed by atoms with Gasteiger partial charge in [-0.1, -0.05) is 137 Å². The van der Waals surface area contributed by atoms with Crippen molar-refractivity contribution in [3.8, 4) is 0 Å². The van der Waals surface area contributed by atoms with Crippen molar-refractivity contribution in [2.45, 2.75) is 142 Å². The number of carboxylic acid groups (broad SMARTS) is 2. The number of allylic oxidation sites excluding steroid dienone is 16. The fourth-order valence-corrected chi connectivity index (χ4v) is 3.85. The molecule has 0 aromatic carbocycles. The molecule has 45 heavy (non-hydrogen) atoms. The van der Waals surface area contributed by atoms with Crippen LogP contribution in [0.5, 0.6) is 0 Å². The molecule has 0 aliphatic rings. The van der Waals surface area contributed by atoms with Gasteiger partial charge in [0.25, 0.3) is 0 Å². The first-order valence-electron chi connectivity index (χ1n) is 17.1. The number of aliphatic carboxylic acids is 2. The summed E-state index contributed by atoms with van der Waals surface area (Å²) in [7, 11) is 0. The Morgan fingerprint density at radius 2 is 0.600 bits per heavy atom. The molecule has 0 fully saturated rings. The molecule has 0 aromatic heterocycles. The Morgan fingerprint density at radius 1 is 0.378 bits per heavy atom. The zero-order chi connectivity index (χ0) is 32.6. The third-order valence-corrected chi connectivity index (χ3v) is 6.42. The van der Waals surface area contributed by atoms with E-state index >= 15 is 0 Å². The fourth-order valence-electron chi connectivity index (χ4n) is 3.85. The molecule has 0 saturated carbocycles. The third kappa shape index (κ3) is 51.6. The van der Waals surface area contributed by atoms with Gasteiger partial charge in [0.05, 0.1) is 0 Å². The van der Waals surface area contributed by atoms with Crippen molar-refractivity contribution in [3.63, 3.8) is 0 Å². The summed E-state index contributed by atoms with van der Waals surface area (Å²) in [5.41, 5.74) is 0. The first kappa shape index (κ1) is 47.2. The van der Waals surface area contributed by atoms with Gasteiger partial charge >= 0.3 is 27.3 Å². The third-order valence-electron chi connectivity index (χ3n) is 6.42. The molecule has 0 bridgehead atoms. The molecule has 0 rings (SSSR count). The van der Waals surface area contributed by atoms with Crippen LogP contribution in [0.4, 0.5) is 0 Å². The Bertz CT molecular complexity index is 803. The Balaban J connectivity index is -0.000000767. The van der Waals surface area contributed by atoms with Gasteiger partial charge in [-0.2, -0.15) is 0 Å². The van der Waals surface area contributed by atoms with Crippen molar-refractivity contribution in [1.82, 2.24) is 0 Å². The Morgan fingerprint density at radius 3 is 0.822 bits per heavy atom. The maximum atomic E-state index is 10.2. The second kappa shape index (κ2) is 43.9. The summed E-state index contributed by atoms with van der Waals surface area (Å²) in [4.78, 5) is 20.4. The molecule has 0 atom stereocenters. The van der Waals surface area contributed by atoms with Gasteiger partial charge in [0.2, 0.25) is 0 Å². The summed E-state index contributed by atoms with van der Waals surface area (Å²) in [6.45, 7) is 4.46. The van der Waals surface area contributed by atoms with Crippen LogP contribution in [0.25, 0.3) is 0 Å². The van der Waals surface area contributed by atoms with Crippen molar-refractivity contribution < 1.29 is 19.8 Å². The van der Waals surface area contributed by atoms with E-state index in [4.69, 9.17) is 0 Å². The van der Waals surface area contributed by atoms with Gasteiger partial charge in [-0.3, -0.25) is 0 Å². The van der Waals surface area contributed by atoms with Crippen LogP contribution in [0, 0.1) is 0 Å². The molecule has 4 nitrogen and oxygen atoms in total. The Hall–Kier alpha value is -2.22. The quantitative estimate of drug-likeness (QED) is 0.0448. The number of carbonyl (C=O) groups is 2. The van der Waals surface area contributed by atoms with E-state index in [0.717, 1.165) is 51.4 Å². The molecule has 0 unspecified atom stereocenters. The van der Waals surface area contributed by atoms with E-state index < -0.39 is 11.9 Å².